The molecule has 0 aliphatic carbocycles. The molecule has 2 N–H and O–H groups in total. The molecule has 0 spiro atoms. The van der Waals surface area contributed by atoms with Crippen LogP contribution in [0.1, 0.15) is 18.5 Å². The lowest BCUT2D eigenvalue weighted by Crippen LogP contribution is -2.31. The van der Waals surface area contributed by atoms with Crippen LogP contribution >= 0.6 is 11.8 Å². The molecule has 0 bridgehead atoms. The molecule has 2 heterocycles. The molecule has 1 aromatic heterocycles. The highest BCUT2D eigenvalue weighted by atomic mass is 32.2. The van der Waals surface area contributed by atoms with Gasteiger partial charge in [0.25, 0.3) is 5.56 Å². The molecule has 2 rings (SSSR count). The first kappa shape index (κ1) is 11.7. The zero-order valence-corrected chi connectivity index (χ0v) is 10.3. The van der Waals surface area contributed by atoms with Crippen LogP contribution in [0.5, 0.6) is 0 Å². The molecule has 1 unspecified atom stereocenters. The topological polar surface area (TPSA) is 57.8 Å². The van der Waals surface area contributed by atoms with Gasteiger partial charge in [0.2, 0.25) is 0 Å². The van der Waals surface area contributed by atoms with Gasteiger partial charge in [0.15, 0.2) is 5.16 Å². The Labute approximate surface area is 99.3 Å². The Morgan fingerprint density at radius 3 is 3.19 bits per heavy atom. The lowest BCUT2D eigenvalue weighted by molar-refractivity contribution is 0.410. The monoisotopic (exact) mass is 239 g/mol. The number of aryl methyl sites for hydroxylation is 1. The molecule has 1 atom stereocenters. The summed E-state index contributed by atoms with van der Waals surface area (Å²) in [5.74, 6) is 1.73. The molecular weight excluding hydrogens is 222 g/mol. The van der Waals surface area contributed by atoms with Gasteiger partial charge < -0.3 is 10.3 Å². The van der Waals surface area contributed by atoms with Gasteiger partial charge in [0, 0.05) is 17.5 Å². The first-order valence-corrected chi connectivity index (χ1v) is 6.64. The second-order valence-corrected chi connectivity index (χ2v) is 5.22. The molecule has 16 heavy (non-hydrogen) atoms. The molecule has 88 valence electrons. The van der Waals surface area contributed by atoms with Crippen LogP contribution in [0.3, 0.4) is 0 Å². The molecule has 0 radical (unpaired) electrons. The molecule has 1 aliphatic heterocycles. The molecular formula is C11H17N3OS. The smallest absolute Gasteiger partial charge is 0.251 e. The minimum atomic E-state index is -0.0585. The predicted octanol–water partition coefficient (Wildman–Crippen LogP) is 1.17. The van der Waals surface area contributed by atoms with Crippen molar-refractivity contribution in [3.05, 3.63) is 22.1 Å². The van der Waals surface area contributed by atoms with Gasteiger partial charge in [-0.3, -0.25) is 4.79 Å². The number of hydrogen-bond acceptors (Lipinski definition) is 4. The third-order valence-electron chi connectivity index (χ3n) is 2.70. The van der Waals surface area contributed by atoms with E-state index in [1.807, 2.05) is 6.92 Å². The van der Waals surface area contributed by atoms with Crippen LogP contribution in [0, 0.1) is 12.8 Å². The average molecular weight is 239 g/mol. The van der Waals surface area contributed by atoms with Gasteiger partial charge in [-0.2, -0.15) is 0 Å². The molecule has 0 saturated carbocycles. The molecule has 1 aliphatic rings. The fraction of sp³-hybridized carbons (Fsp3) is 0.636. The number of nitrogens with zero attached hydrogens (tertiary/aromatic N) is 1. The van der Waals surface area contributed by atoms with Crippen LogP contribution in [0.25, 0.3) is 0 Å². The van der Waals surface area contributed by atoms with Gasteiger partial charge in [-0.15, -0.1) is 0 Å². The van der Waals surface area contributed by atoms with Gasteiger partial charge >= 0.3 is 0 Å². The van der Waals surface area contributed by atoms with E-state index < -0.39 is 0 Å². The van der Waals surface area contributed by atoms with Crippen molar-refractivity contribution in [2.24, 2.45) is 5.92 Å². The summed E-state index contributed by atoms with van der Waals surface area (Å²) in [5.41, 5.74) is 0.727. The van der Waals surface area contributed by atoms with Gasteiger partial charge in [0.05, 0.1) is 0 Å². The van der Waals surface area contributed by atoms with Crippen LogP contribution in [0.15, 0.2) is 16.0 Å². The van der Waals surface area contributed by atoms with Crippen molar-refractivity contribution in [2.45, 2.75) is 24.9 Å². The maximum atomic E-state index is 11.2. The largest absolute Gasteiger partial charge is 0.316 e. The lowest BCUT2D eigenvalue weighted by atomic mass is 10.0. The number of H-pyrrole nitrogens is 1. The maximum absolute atomic E-state index is 11.2. The van der Waals surface area contributed by atoms with Crippen molar-refractivity contribution in [1.82, 2.24) is 15.3 Å². The lowest BCUT2D eigenvalue weighted by Gasteiger charge is -2.21. The number of nitrogens with one attached hydrogen (secondary N) is 2. The number of hydrogen-bond donors (Lipinski definition) is 2. The Morgan fingerprint density at radius 1 is 1.62 bits per heavy atom. The fourth-order valence-corrected chi connectivity index (χ4v) is 2.94. The molecule has 1 fully saturated rings. The summed E-state index contributed by atoms with van der Waals surface area (Å²) in [6.07, 6.45) is 2.53. The third-order valence-corrected chi connectivity index (χ3v) is 3.81. The Morgan fingerprint density at radius 2 is 2.50 bits per heavy atom. The zero-order valence-electron chi connectivity index (χ0n) is 9.45. The van der Waals surface area contributed by atoms with E-state index in [9.17, 15) is 4.79 Å². The zero-order chi connectivity index (χ0) is 11.4. The van der Waals surface area contributed by atoms with Gasteiger partial charge in [-0.05, 0) is 38.8 Å². The van der Waals surface area contributed by atoms with Crippen LogP contribution in [-0.2, 0) is 0 Å². The molecule has 5 heteroatoms. The summed E-state index contributed by atoms with van der Waals surface area (Å²) in [7, 11) is 0. The Kier molecular flexibility index (Phi) is 4.01. The molecule has 1 saturated heterocycles. The molecule has 0 aromatic carbocycles. The van der Waals surface area contributed by atoms with Gasteiger partial charge in [0.1, 0.15) is 0 Å². The van der Waals surface area contributed by atoms with E-state index in [0.717, 1.165) is 29.7 Å². The number of rotatable bonds is 3. The minimum Gasteiger partial charge on any atom is -0.316 e. The number of thioether (sulfide) groups is 1. The van der Waals surface area contributed by atoms with Crippen LogP contribution in [0.4, 0.5) is 0 Å². The standard InChI is InChI=1S/C11H17N3OS/c1-8-5-10(15)14-11(13-8)16-7-9-3-2-4-12-6-9/h5,9,12H,2-4,6-7H2,1H3,(H,13,14,15). The number of piperidine rings is 1. The van der Waals surface area contributed by atoms with Crippen LogP contribution in [-0.4, -0.2) is 28.8 Å². The molecule has 4 nitrogen and oxygen atoms in total. The Balaban J connectivity index is 1.90. The summed E-state index contributed by atoms with van der Waals surface area (Å²) < 4.78 is 0. The highest BCUT2D eigenvalue weighted by molar-refractivity contribution is 7.99. The minimum absolute atomic E-state index is 0.0585. The average Bonchev–Trinajstić information content (AvgIpc) is 2.27. The van der Waals surface area contributed by atoms with Crippen molar-refractivity contribution >= 4 is 11.8 Å². The number of aromatic amines is 1. The van der Waals surface area contributed by atoms with E-state index in [2.05, 4.69) is 15.3 Å². The highest BCUT2D eigenvalue weighted by Crippen LogP contribution is 2.20. The summed E-state index contributed by atoms with van der Waals surface area (Å²) in [6, 6.07) is 1.52. The SMILES string of the molecule is Cc1cc(=O)[nH]c(SCC2CCCNC2)n1. The summed E-state index contributed by atoms with van der Waals surface area (Å²) >= 11 is 1.65. The summed E-state index contributed by atoms with van der Waals surface area (Å²) in [6.45, 7) is 4.07. The third kappa shape index (κ3) is 3.35. The fourth-order valence-electron chi connectivity index (χ4n) is 1.88. The Hall–Kier alpha value is -0.810. The number of aromatic nitrogens is 2. The van der Waals surface area contributed by atoms with Crippen LogP contribution < -0.4 is 10.9 Å². The van der Waals surface area contributed by atoms with Crippen molar-refractivity contribution in [3.63, 3.8) is 0 Å². The van der Waals surface area contributed by atoms with E-state index in [1.54, 1.807) is 11.8 Å². The second-order valence-electron chi connectivity index (χ2n) is 4.22. The van der Waals surface area contributed by atoms with Crippen molar-refractivity contribution < 1.29 is 0 Å². The van der Waals surface area contributed by atoms with Crippen molar-refractivity contribution in [3.8, 4) is 0 Å². The van der Waals surface area contributed by atoms with E-state index in [4.69, 9.17) is 0 Å². The second kappa shape index (κ2) is 5.50. The first-order valence-electron chi connectivity index (χ1n) is 5.65. The van der Waals surface area contributed by atoms with E-state index in [-0.39, 0.29) is 5.56 Å². The van der Waals surface area contributed by atoms with Gasteiger partial charge in [-0.25, -0.2) is 4.98 Å². The van der Waals surface area contributed by atoms with Crippen LogP contribution in [0.2, 0.25) is 0 Å². The highest BCUT2D eigenvalue weighted by Gasteiger charge is 2.13. The summed E-state index contributed by atoms with van der Waals surface area (Å²) in [5, 5.41) is 4.13. The Bertz CT molecular complexity index is 398. The van der Waals surface area contributed by atoms with E-state index in [1.165, 1.54) is 18.9 Å². The van der Waals surface area contributed by atoms with E-state index >= 15 is 0 Å². The van der Waals surface area contributed by atoms with Crippen molar-refractivity contribution in [1.29, 1.82) is 0 Å². The van der Waals surface area contributed by atoms with E-state index in [0.29, 0.717) is 5.92 Å². The molecule has 0 amide bonds. The predicted molar refractivity (Wildman–Crippen MR) is 65.9 cm³/mol. The van der Waals surface area contributed by atoms with Gasteiger partial charge in [-0.1, -0.05) is 11.8 Å². The normalized spacial score (nSPS) is 20.9. The quantitative estimate of drug-likeness (QED) is 0.614. The maximum Gasteiger partial charge on any atom is 0.251 e. The first-order chi connectivity index (χ1) is 7.74. The summed E-state index contributed by atoms with van der Waals surface area (Å²) in [4.78, 5) is 18.3. The van der Waals surface area contributed by atoms with Crippen molar-refractivity contribution in [2.75, 3.05) is 18.8 Å². The molecule has 1 aromatic rings.